The molecule has 0 spiro atoms. The number of nitrogens with zero attached hydrogens (tertiary/aromatic N) is 1. The topological polar surface area (TPSA) is 54.7 Å². The number of imidazole rings is 1. The molecule has 3 N–H and O–H groups in total. The number of nitrogens with two attached hydrogens (primary N) is 1. The lowest BCUT2D eigenvalue weighted by Gasteiger charge is -2.06. The highest BCUT2D eigenvalue weighted by Gasteiger charge is 2.27. The highest BCUT2D eigenvalue weighted by molar-refractivity contribution is 9.10. The second-order valence-corrected chi connectivity index (χ2v) is 6.89. The molecule has 0 aliphatic carbocycles. The van der Waals surface area contributed by atoms with Gasteiger partial charge < -0.3 is 10.7 Å². The summed E-state index contributed by atoms with van der Waals surface area (Å²) in [6.45, 7) is 0. The lowest BCUT2D eigenvalue weighted by molar-refractivity contribution is 0.859. The normalized spacial score (nSPS) is 17.6. The van der Waals surface area contributed by atoms with Crippen molar-refractivity contribution in [3.63, 3.8) is 0 Å². The van der Waals surface area contributed by atoms with Gasteiger partial charge in [-0.25, -0.2) is 4.98 Å². The van der Waals surface area contributed by atoms with Crippen molar-refractivity contribution < 1.29 is 0 Å². The number of halogens is 1. The van der Waals surface area contributed by atoms with Crippen LogP contribution < -0.4 is 5.73 Å². The number of aromatic nitrogens is 2. The molecular formula is C15H12BrN3S. The number of nitrogens with one attached hydrogen (secondary N) is 1. The maximum atomic E-state index is 6.05. The van der Waals surface area contributed by atoms with E-state index in [-0.39, 0.29) is 0 Å². The van der Waals surface area contributed by atoms with Crippen molar-refractivity contribution in [3.05, 3.63) is 52.3 Å². The van der Waals surface area contributed by atoms with E-state index >= 15 is 0 Å². The third-order valence-electron chi connectivity index (χ3n) is 3.63. The van der Waals surface area contributed by atoms with Crippen LogP contribution in [-0.2, 0) is 0 Å². The smallest absolute Gasteiger partial charge is 0.115 e. The van der Waals surface area contributed by atoms with Gasteiger partial charge in [0, 0.05) is 15.1 Å². The van der Waals surface area contributed by atoms with E-state index in [0.717, 1.165) is 27.1 Å². The number of rotatable bonds is 1. The van der Waals surface area contributed by atoms with Gasteiger partial charge in [-0.3, -0.25) is 0 Å². The lowest BCUT2D eigenvalue weighted by Crippen LogP contribution is -2.01. The summed E-state index contributed by atoms with van der Waals surface area (Å²) < 4.78 is 0.971. The van der Waals surface area contributed by atoms with Crippen molar-refractivity contribution in [1.29, 1.82) is 0 Å². The molecule has 0 fully saturated rings. The van der Waals surface area contributed by atoms with Crippen molar-refractivity contribution in [2.75, 3.05) is 11.5 Å². The van der Waals surface area contributed by atoms with Gasteiger partial charge in [0.25, 0.3) is 0 Å². The van der Waals surface area contributed by atoms with Gasteiger partial charge >= 0.3 is 0 Å². The highest BCUT2D eigenvalue weighted by Crippen LogP contribution is 2.42. The number of hydrogen-bond acceptors (Lipinski definition) is 3. The molecule has 2 heterocycles. The SMILES string of the molecule is Nc1cc(Br)cc2[nH]c(C3CSc4ccccc43)nc12. The Balaban J connectivity index is 1.86. The van der Waals surface area contributed by atoms with Crippen LogP contribution in [0.2, 0.25) is 0 Å². The minimum atomic E-state index is 0.321. The van der Waals surface area contributed by atoms with Gasteiger partial charge in [-0.2, -0.15) is 0 Å². The monoisotopic (exact) mass is 345 g/mol. The third kappa shape index (κ3) is 1.84. The highest BCUT2D eigenvalue weighted by atomic mass is 79.9. The second-order valence-electron chi connectivity index (χ2n) is 4.91. The van der Waals surface area contributed by atoms with Crippen LogP contribution in [0, 0.1) is 0 Å². The summed E-state index contributed by atoms with van der Waals surface area (Å²) in [5.74, 6) is 2.35. The molecule has 2 aromatic carbocycles. The molecule has 1 aliphatic heterocycles. The van der Waals surface area contributed by atoms with Gasteiger partial charge in [0.15, 0.2) is 0 Å². The van der Waals surface area contributed by atoms with E-state index in [2.05, 4.69) is 45.2 Å². The molecule has 0 amide bonds. The summed E-state index contributed by atoms with van der Waals surface area (Å²) in [7, 11) is 0. The van der Waals surface area contributed by atoms with Gasteiger partial charge in [0.2, 0.25) is 0 Å². The van der Waals surface area contributed by atoms with Gasteiger partial charge in [0.1, 0.15) is 11.3 Å². The Labute approximate surface area is 129 Å². The predicted octanol–water partition coefficient (Wildman–Crippen LogP) is 4.15. The van der Waals surface area contributed by atoms with E-state index in [1.165, 1.54) is 10.5 Å². The van der Waals surface area contributed by atoms with Crippen molar-refractivity contribution >= 4 is 44.4 Å². The van der Waals surface area contributed by atoms with E-state index in [4.69, 9.17) is 10.7 Å². The first-order chi connectivity index (χ1) is 9.72. The molecule has 20 heavy (non-hydrogen) atoms. The molecule has 5 heteroatoms. The summed E-state index contributed by atoms with van der Waals surface area (Å²) in [4.78, 5) is 9.50. The van der Waals surface area contributed by atoms with E-state index in [0.29, 0.717) is 11.6 Å². The maximum Gasteiger partial charge on any atom is 0.115 e. The Kier molecular flexibility index (Phi) is 2.79. The van der Waals surface area contributed by atoms with Crippen molar-refractivity contribution in [2.24, 2.45) is 0 Å². The summed E-state index contributed by atoms with van der Waals surface area (Å²) in [6.07, 6.45) is 0. The van der Waals surface area contributed by atoms with Crippen LogP contribution >= 0.6 is 27.7 Å². The summed E-state index contributed by atoms with van der Waals surface area (Å²) in [6, 6.07) is 12.5. The molecule has 0 radical (unpaired) electrons. The van der Waals surface area contributed by atoms with Crippen LogP contribution in [0.1, 0.15) is 17.3 Å². The molecule has 0 saturated heterocycles. The third-order valence-corrected chi connectivity index (χ3v) is 5.27. The Bertz CT molecular complexity index is 812. The molecule has 100 valence electrons. The zero-order valence-electron chi connectivity index (χ0n) is 10.6. The molecular weight excluding hydrogens is 334 g/mol. The Morgan fingerprint density at radius 2 is 2.15 bits per heavy atom. The van der Waals surface area contributed by atoms with Crippen LogP contribution in [0.3, 0.4) is 0 Å². The fraction of sp³-hybridized carbons (Fsp3) is 0.133. The van der Waals surface area contributed by atoms with Gasteiger partial charge in [-0.1, -0.05) is 34.1 Å². The van der Waals surface area contributed by atoms with Crippen molar-refractivity contribution in [2.45, 2.75) is 10.8 Å². The number of nitrogen functional groups attached to an aromatic ring is 1. The average Bonchev–Trinajstić information content (AvgIpc) is 3.01. The van der Waals surface area contributed by atoms with Gasteiger partial charge in [-0.05, 0) is 23.8 Å². The number of hydrogen-bond donors (Lipinski definition) is 2. The van der Waals surface area contributed by atoms with Crippen LogP contribution in [0.25, 0.3) is 11.0 Å². The summed E-state index contributed by atoms with van der Waals surface area (Å²) in [5, 5.41) is 0. The molecule has 4 rings (SSSR count). The van der Waals surface area contributed by atoms with E-state index in [1.807, 2.05) is 23.9 Å². The fourth-order valence-corrected chi connectivity index (χ4v) is 4.39. The maximum absolute atomic E-state index is 6.05. The Hall–Kier alpha value is -1.46. The molecule has 0 bridgehead atoms. The predicted molar refractivity (Wildman–Crippen MR) is 87.2 cm³/mol. The minimum absolute atomic E-state index is 0.321. The lowest BCUT2D eigenvalue weighted by atomic mass is 10.0. The zero-order valence-corrected chi connectivity index (χ0v) is 13.0. The van der Waals surface area contributed by atoms with Crippen LogP contribution in [0.15, 0.2) is 45.8 Å². The molecule has 1 atom stereocenters. The Morgan fingerprint density at radius 1 is 1.30 bits per heavy atom. The molecule has 1 aliphatic rings. The molecule has 3 aromatic rings. The number of fused-ring (bicyclic) bond motifs is 2. The minimum Gasteiger partial charge on any atom is -0.397 e. The average molecular weight is 346 g/mol. The standard InChI is InChI=1S/C15H12BrN3S/c16-8-5-11(17)14-12(6-8)18-15(19-14)10-7-20-13-4-2-1-3-9(10)13/h1-6,10H,7,17H2,(H,18,19). The molecule has 3 nitrogen and oxygen atoms in total. The van der Waals surface area contributed by atoms with E-state index < -0.39 is 0 Å². The van der Waals surface area contributed by atoms with Crippen LogP contribution in [-0.4, -0.2) is 15.7 Å². The summed E-state index contributed by atoms with van der Waals surface area (Å²) in [5.41, 5.74) is 9.95. The van der Waals surface area contributed by atoms with E-state index in [1.54, 1.807) is 0 Å². The van der Waals surface area contributed by atoms with Crippen LogP contribution in [0.5, 0.6) is 0 Å². The molecule has 1 aromatic heterocycles. The largest absolute Gasteiger partial charge is 0.397 e. The second kappa shape index (κ2) is 4.53. The van der Waals surface area contributed by atoms with Crippen molar-refractivity contribution in [3.8, 4) is 0 Å². The van der Waals surface area contributed by atoms with Crippen LogP contribution in [0.4, 0.5) is 5.69 Å². The fourth-order valence-electron chi connectivity index (χ4n) is 2.68. The Morgan fingerprint density at radius 3 is 3.05 bits per heavy atom. The first kappa shape index (κ1) is 12.3. The van der Waals surface area contributed by atoms with Gasteiger partial charge in [0.05, 0.1) is 17.1 Å². The number of benzene rings is 2. The first-order valence-electron chi connectivity index (χ1n) is 6.39. The molecule has 1 unspecified atom stereocenters. The number of H-pyrrole nitrogens is 1. The molecule has 0 saturated carbocycles. The van der Waals surface area contributed by atoms with Gasteiger partial charge in [-0.15, -0.1) is 11.8 Å². The number of aromatic amines is 1. The quantitative estimate of drug-likeness (QED) is 0.651. The number of thioether (sulfide) groups is 1. The summed E-state index contributed by atoms with van der Waals surface area (Å²) >= 11 is 5.36. The van der Waals surface area contributed by atoms with E-state index in [9.17, 15) is 0 Å². The first-order valence-corrected chi connectivity index (χ1v) is 8.16. The number of anilines is 1. The zero-order chi connectivity index (χ0) is 13.7. The van der Waals surface area contributed by atoms with Crippen molar-refractivity contribution in [1.82, 2.24) is 9.97 Å².